The Morgan fingerprint density at radius 3 is 2.77 bits per heavy atom. The quantitative estimate of drug-likeness (QED) is 0.681. The number of β-amino-alcohol motifs (C(OH)–C–C–N with tert-alkyl or cyclic N) is 1. The van der Waals surface area contributed by atoms with Gasteiger partial charge in [-0.2, -0.15) is 0 Å². The van der Waals surface area contributed by atoms with Gasteiger partial charge in [-0.3, -0.25) is 4.90 Å². The number of nitrogens with zero attached hydrogens (tertiary/aromatic N) is 1. The number of halogens is 1. The van der Waals surface area contributed by atoms with Gasteiger partial charge in [0.25, 0.3) is 0 Å². The summed E-state index contributed by atoms with van der Waals surface area (Å²) in [6, 6.07) is 12.5. The van der Waals surface area contributed by atoms with Crippen LogP contribution in [0.5, 0.6) is 5.75 Å². The SMILES string of the molecule is O[C@@H](COc1ccc(F)cc1)CN1CCc2sccc2[C@H]1c1cccs1. The lowest BCUT2D eigenvalue weighted by Crippen LogP contribution is -2.41. The van der Waals surface area contributed by atoms with Crippen LogP contribution in [0.4, 0.5) is 4.39 Å². The minimum atomic E-state index is -0.609. The van der Waals surface area contributed by atoms with Crippen molar-refractivity contribution >= 4 is 22.7 Å². The lowest BCUT2D eigenvalue weighted by atomic mass is 9.98. The zero-order valence-corrected chi connectivity index (χ0v) is 15.8. The van der Waals surface area contributed by atoms with E-state index in [1.54, 1.807) is 23.5 Å². The van der Waals surface area contributed by atoms with Crippen molar-refractivity contribution in [3.63, 3.8) is 0 Å². The molecule has 0 spiro atoms. The van der Waals surface area contributed by atoms with Crippen molar-refractivity contribution in [2.75, 3.05) is 19.7 Å². The molecule has 0 saturated carbocycles. The summed E-state index contributed by atoms with van der Waals surface area (Å²) in [5, 5.41) is 14.8. The van der Waals surface area contributed by atoms with Gasteiger partial charge in [-0.25, -0.2) is 4.39 Å². The van der Waals surface area contributed by atoms with Crippen molar-refractivity contribution in [2.45, 2.75) is 18.6 Å². The Balaban J connectivity index is 1.43. The Morgan fingerprint density at radius 2 is 2.00 bits per heavy atom. The van der Waals surface area contributed by atoms with E-state index in [0.29, 0.717) is 12.3 Å². The maximum atomic E-state index is 13.0. The van der Waals surface area contributed by atoms with Gasteiger partial charge >= 0.3 is 0 Å². The first-order valence-corrected chi connectivity index (χ1v) is 10.4. The molecule has 0 saturated heterocycles. The molecule has 3 nitrogen and oxygen atoms in total. The van der Waals surface area contributed by atoms with Crippen molar-refractivity contribution in [3.05, 3.63) is 74.4 Å². The van der Waals surface area contributed by atoms with Crippen LogP contribution < -0.4 is 4.74 Å². The Labute approximate surface area is 160 Å². The largest absolute Gasteiger partial charge is 0.491 e. The molecule has 4 rings (SSSR count). The maximum Gasteiger partial charge on any atom is 0.123 e. The summed E-state index contributed by atoms with van der Waals surface area (Å²) in [6.07, 6.45) is 0.406. The highest BCUT2D eigenvalue weighted by atomic mass is 32.1. The highest BCUT2D eigenvalue weighted by Gasteiger charge is 2.31. The van der Waals surface area contributed by atoms with Gasteiger partial charge in [0, 0.05) is 22.8 Å². The van der Waals surface area contributed by atoms with E-state index >= 15 is 0 Å². The van der Waals surface area contributed by atoms with Crippen LogP contribution in [-0.4, -0.2) is 35.8 Å². The van der Waals surface area contributed by atoms with Crippen LogP contribution in [0.15, 0.2) is 53.2 Å². The van der Waals surface area contributed by atoms with Crippen molar-refractivity contribution in [1.29, 1.82) is 0 Å². The number of benzene rings is 1. The minimum Gasteiger partial charge on any atom is -0.491 e. The van der Waals surface area contributed by atoms with Crippen molar-refractivity contribution in [1.82, 2.24) is 4.90 Å². The zero-order chi connectivity index (χ0) is 17.9. The number of hydrogen-bond donors (Lipinski definition) is 1. The summed E-state index contributed by atoms with van der Waals surface area (Å²) in [4.78, 5) is 5.08. The minimum absolute atomic E-state index is 0.190. The van der Waals surface area contributed by atoms with Crippen LogP contribution in [0.2, 0.25) is 0 Å². The van der Waals surface area contributed by atoms with Crippen LogP contribution in [0.1, 0.15) is 21.4 Å². The molecule has 2 aromatic heterocycles. The fourth-order valence-electron chi connectivity index (χ4n) is 3.39. The molecule has 3 heterocycles. The number of hydrogen-bond acceptors (Lipinski definition) is 5. The molecule has 0 fully saturated rings. The average molecular weight is 390 g/mol. The molecular weight excluding hydrogens is 369 g/mol. The molecule has 3 aromatic rings. The zero-order valence-electron chi connectivity index (χ0n) is 14.2. The van der Waals surface area contributed by atoms with Crippen molar-refractivity contribution in [3.8, 4) is 5.75 Å². The van der Waals surface area contributed by atoms with E-state index in [-0.39, 0.29) is 18.5 Å². The highest BCUT2D eigenvalue weighted by molar-refractivity contribution is 7.10. The van der Waals surface area contributed by atoms with E-state index in [1.165, 1.54) is 27.5 Å². The highest BCUT2D eigenvalue weighted by Crippen LogP contribution is 2.39. The first-order valence-electron chi connectivity index (χ1n) is 8.61. The van der Waals surface area contributed by atoms with E-state index in [1.807, 2.05) is 11.3 Å². The van der Waals surface area contributed by atoms with E-state index in [9.17, 15) is 9.50 Å². The monoisotopic (exact) mass is 389 g/mol. The fraction of sp³-hybridized carbons (Fsp3) is 0.300. The van der Waals surface area contributed by atoms with Crippen LogP contribution in [0.3, 0.4) is 0 Å². The Bertz CT molecular complexity index is 832. The molecule has 1 aliphatic rings. The molecule has 0 aliphatic carbocycles. The lowest BCUT2D eigenvalue weighted by Gasteiger charge is -2.36. The molecule has 2 atom stereocenters. The smallest absolute Gasteiger partial charge is 0.123 e. The number of rotatable bonds is 6. The predicted octanol–water partition coefficient (Wildman–Crippen LogP) is 4.34. The summed E-state index contributed by atoms with van der Waals surface area (Å²) in [5.74, 6) is 0.274. The molecule has 1 aromatic carbocycles. The summed E-state index contributed by atoms with van der Waals surface area (Å²) in [7, 11) is 0. The van der Waals surface area contributed by atoms with E-state index in [2.05, 4.69) is 33.9 Å². The Kier molecular flexibility index (Phi) is 5.36. The molecule has 136 valence electrons. The second-order valence-electron chi connectivity index (χ2n) is 6.38. The number of aliphatic hydroxyl groups excluding tert-OH is 1. The first kappa shape index (κ1) is 17.7. The molecule has 6 heteroatoms. The average Bonchev–Trinajstić information content (AvgIpc) is 3.33. The maximum absolute atomic E-state index is 13.0. The molecule has 0 amide bonds. The van der Waals surface area contributed by atoms with Gasteiger partial charge in [-0.1, -0.05) is 6.07 Å². The van der Waals surface area contributed by atoms with Gasteiger partial charge in [0.05, 0.1) is 6.04 Å². The first-order chi connectivity index (χ1) is 12.7. The van der Waals surface area contributed by atoms with E-state index in [0.717, 1.165) is 13.0 Å². The predicted molar refractivity (Wildman–Crippen MR) is 104 cm³/mol. The third-order valence-electron chi connectivity index (χ3n) is 4.58. The molecule has 0 radical (unpaired) electrons. The molecule has 1 aliphatic heterocycles. The molecule has 26 heavy (non-hydrogen) atoms. The van der Waals surface area contributed by atoms with Gasteiger partial charge in [-0.15, -0.1) is 22.7 Å². The van der Waals surface area contributed by atoms with Crippen LogP contribution in [-0.2, 0) is 6.42 Å². The van der Waals surface area contributed by atoms with E-state index in [4.69, 9.17) is 4.74 Å². The molecule has 0 bridgehead atoms. The van der Waals surface area contributed by atoms with Gasteiger partial charge in [0.2, 0.25) is 0 Å². The van der Waals surface area contributed by atoms with Gasteiger partial charge in [0.1, 0.15) is 24.3 Å². The third-order valence-corrected chi connectivity index (χ3v) is 6.50. The van der Waals surface area contributed by atoms with Gasteiger partial charge in [0.15, 0.2) is 0 Å². The van der Waals surface area contributed by atoms with Crippen molar-refractivity contribution < 1.29 is 14.2 Å². The van der Waals surface area contributed by atoms with Gasteiger partial charge in [-0.05, 0) is 59.1 Å². The third kappa shape index (κ3) is 3.83. The second kappa shape index (κ2) is 7.88. The van der Waals surface area contributed by atoms with E-state index < -0.39 is 6.10 Å². The Hall–Kier alpha value is -1.73. The van der Waals surface area contributed by atoms with Crippen LogP contribution in [0, 0.1) is 5.82 Å². The van der Waals surface area contributed by atoms with Crippen molar-refractivity contribution in [2.24, 2.45) is 0 Å². The topological polar surface area (TPSA) is 32.7 Å². The van der Waals surface area contributed by atoms with Gasteiger partial charge < -0.3 is 9.84 Å². The summed E-state index contributed by atoms with van der Waals surface area (Å²) in [5.41, 5.74) is 1.36. The summed E-state index contributed by atoms with van der Waals surface area (Å²) >= 11 is 3.57. The van der Waals surface area contributed by atoms with Crippen LogP contribution >= 0.6 is 22.7 Å². The number of ether oxygens (including phenoxy) is 1. The Morgan fingerprint density at radius 1 is 1.15 bits per heavy atom. The van der Waals surface area contributed by atoms with Crippen LogP contribution in [0.25, 0.3) is 0 Å². The summed E-state index contributed by atoms with van der Waals surface area (Å²) < 4.78 is 18.6. The fourth-order valence-corrected chi connectivity index (χ4v) is 5.17. The number of fused-ring (bicyclic) bond motifs is 1. The normalized spacial score (nSPS) is 18.5. The molecule has 0 unspecified atom stereocenters. The second-order valence-corrected chi connectivity index (χ2v) is 8.36. The number of aliphatic hydroxyl groups is 1. The lowest BCUT2D eigenvalue weighted by molar-refractivity contribution is 0.0562. The summed E-state index contributed by atoms with van der Waals surface area (Å²) in [6.45, 7) is 1.65. The molecular formula is C20H20FNO2S2. The standard InChI is InChI=1S/C20H20FNO2S2/c21-14-3-5-16(6-4-14)24-13-15(23)12-22-9-7-18-17(8-11-26-18)20(22)19-2-1-10-25-19/h1-6,8,10-11,15,20,23H,7,9,12-13H2/t15-,20+/m1/s1. The molecule has 1 N–H and O–H groups in total. The number of thiophene rings is 2.